The second-order valence-electron chi connectivity index (χ2n) is 4.61. The third kappa shape index (κ3) is 4.23. The SMILES string of the molecule is CCCNCc1cc(S(=O)(=O)Nc2nncs2)ccc1C. The van der Waals surface area contributed by atoms with E-state index in [4.69, 9.17) is 0 Å². The number of hydrogen-bond donors (Lipinski definition) is 2. The number of benzene rings is 1. The fraction of sp³-hybridized carbons (Fsp3) is 0.385. The van der Waals surface area contributed by atoms with Gasteiger partial charge in [0.25, 0.3) is 10.0 Å². The summed E-state index contributed by atoms with van der Waals surface area (Å²) in [6.45, 7) is 5.62. The monoisotopic (exact) mass is 326 g/mol. The molecule has 0 unspecified atom stereocenters. The minimum absolute atomic E-state index is 0.233. The number of nitrogens with zero attached hydrogens (tertiary/aromatic N) is 2. The van der Waals surface area contributed by atoms with Gasteiger partial charge < -0.3 is 5.32 Å². The lowest BCUT2D eigenvalue weighted by atomic mass is 10.1. The van der Waals surface area contributed by atoms with E-state index in [9.17, 15) is 8.42 Å². The van der Waals surface area contributed by atoms with Crippen molar-refractivity contribution in [1.82, 2.24) is 15.5 Å². The minimum Gasteiger partial charge on any atom is -0.313 e. The Labute approximate surface area is 128 Å². The second-order valence-corrected chi connectivity index (χ2v) is 7.13. The summed E-state index contributed by atoms with van der Waals surface area (Å²) in [7, 11) is -3.62. The molecule has 0 atom stereocenters. The highest BCUT2D eigenvalue weighted by Crippen LogP contribution is 2.19. The van der Waals surface area contributed by atoms with Crippen LogP contribution in [0.4, 0.5) is 5.13 Å². The van der Waals surface area contributed by atoms with Crippen molar-refractivity contribution in [3.8, 4) is 0 Å². The van der Waals surface area contributed by atoms with Crippen LogP contribution < -0.4 is 10.0 Å². The van der Waals surface area contributed by atoms with Crippen molar-refractivity contribution in [1.29, 1.82) is 0 Å². The lowest BCUT2D eigenvalue weighted by molar-refractivity contribution is 0.600. The highest BCUT2D eigenvalue weighted by molar-refractivity contribution is 7.93. The standard InChI is InChI=1S/C13H18N4O2S2/c1-3-6-14-8-11-7-12(5-4-10(11)2)21(18,19)17-13-16-15-9-20-13/h4-5,7,9,14H,3,6,8H2,1-2H3,(H,16,17). The van der Waals surface area contributed by atoms with Gasteiger partial charge in [-0.05, 0) is 43.1 Å². The van der Waals surface area contributed by atoms with Crippen LogP contribution in [0.3, 0.4) is 0 Å². The van der Waals surface area contributed by atoms with E-state index >= 15 is 0 Å². The fourth-order valence-electron chi connectivity index (χ4n) is 1.80. The lowest BCUT2D eigenvalue weighted by Crippen LogP contribution is -2.17. The average molecular weight is 326 g/mol. The molecule has 114 valence electrons. The maximum absolute atomic E-state index is 12.3. The summed E-state index contributed by atoms with van der Waals surface area (Å²) >= 11 is 1.14. The molecule has 2 aromatic rings. The van der Waals surface area contributed by atoms with Gasteiger partial charge in [-0.3, -0.25) is 4.72 Å². The van der Waals surface area contributed by atoms with E-state index in [0.717, 1.165) is 35.4 Å². The molecule has 0 aliphatic rings. The highest BCUT2D eigenvalue weighted by Gasteiger charge is 2.16. The molecular formula is C13H18N4O2S2. The van der Waals surface area contributed by atoms with Gasteiger partial charge in [-0.2, -0.15) is 0 Å². The predicted molar refractivity (Wildman–Crippen MR) is 83.9 cm³/mol. The van der Waals surface area contributed by atoms with Crippen LogP contribution in [-0.2, 0) is 16.6 Å². The number of anilines is 1. The summed E-state index contributed by atoms with van der Waals surface area (Å²) in [5.74, 6) is 0. The molecule has 8 heteroatoms. The largest absolute Gasteiger partial charge is 0.313 e. The average Bonchev–Trinajstić information content (AvgIpc) is 2.93. The third-order valence-electron chi connectivity index (χ3n) is 2.95. The molecule has 21 heavy (non-hydrogen) atoms. The lowest BCUT2D eigenvalue weighted by Gasteiger charge is -2.10. The Kier molecular flexibility index (Phi) is 5.27. The molecule has 0 aliphatic heterocycles. The van der Waals surface area contributed by atoms with Crippen molar-refractivity contribution in [2.75, 3.05) is 11.3 Å². The van der Waals surface area contributed by atoms with E-state index in [1.165, 1.54) is 5.51 Å². The Morgan fingerprint density at radius 3 is 2.81 bits per heavy atom. The van der Waals surface area contributed by atoms with Crippen LogP contribution in [0.25, 0.3) is 0 Å². The summed E-state index contributed by atoms with van der Waals surface area (Å²) in [6.07, 6.45) is 1.04. The zero-order chi connectivity index (χ0) is 15.3. The molecule has 0 saturated carbocycles. The van der Waals surface area contributed by atoms with Crippen LogP contribution in [0.15, 0.2) is 28.6 Å². The van der Waals surface area contributed by atoms with Crippen LogP contribution in [0.1, 0.15) is 24.5 Å². The van der Waals surface area contributed by atoms with Crippen molar-refractivity contribution in [2.45, 2.75) is 31.7 Å². The van der Waals surface area contributed by atoms with E-state index in [1.54, 1.807) is 12.1 Å². The molecule has 1 aromatic heterocycles. The van der Waals surface area contributed by atoms with E-state index in [1.807, 2.05) is 13.0 Å². The normalized spacial score (nSPS) is 11.5. The van der Waals surface area contributed by atoms with Crippen LogP contribution in [0.2, 0.25) is 0 Å². The van der Waals surface area contributed by atoms with Gasteiger partial charge in [-0.25, -0.2) is 8.42 Å². The fourth-order valence-corrected chi connectivity index (χ4v) is 3.54. The number of aromatic nitrogens is 2. The van der Waals surface area contributed by atoms with Gasteiger partial charge in [0.15, 0.2) is 0 Å². The number of hydrogen-bond acceptors (Lipinski definition) is 6. The second kappa shape index (κ2) is 6.97. The molecule has 1 aromatic carbocycles. The van der Waals surface area contributed by atoms with E-state index < -0.39 is 10.0 Å². The van der Waals surface area contributed by atoms with Gasteiger partial charge in [0.1, 0.15) is 5.51 Å². The van der Waals surface area contributed by atoms with Crippen molar-refractivity contribution in [3.63, 3.8) is 0 Å². The molecular weight excluding hydrogens is 308 g/mol. The van der Waals surface area contributed by atoms with Crippen molar-refractivity contribution in [3.05, 3.63) is 34.8 Å². The molecule has 6 nitrogen and oxygen atoms in total. The zero-order valence-electron chi connectivity index (χ0n) is 12.0. The Morgan fingerprint density at radius 2 is 2.14 bits per heavy atom. The van der Waals surface area contributed by atoms with Crippen molar-refractivity contribution in [2.24, 2.45) is 0 Å². The molecule has 1 heterocycles. The quantitative estimate of drug-likeness (QED) is 0.762. The highest BCUT2D eigenvalue weighted by atomic mass is 32.2. The molecule has 0 bridgehead atoms. The maximum Gasteiger partial charge on any atom is 0.263 e. The topological polar surface area (TPSA) is 84.0 Å². The van der Waals surface area contributed by atoms with Gasteiger partial charge in [-0.15, -0.1) is 10.2 Å². The summed E-state index contributed by atoms with van der Waals surface area (Å²) in [5, 5.41) is 10.9. The Hall–Kier alpha value is -1.51. The number of aryl methyl sites for hydroxylation is 1. The molecule has 0 radical (unpaired) electrons. The van der Waals surface area contributed by atoms with Crippen molar-refractivity contribution >= 4 is 26.5 Å². The first-order valence-corrected chi connectivity index (χ1v) is 8.98. The Balaban J connectivity index is 2.20. The van der Waals surface area contributed by atoms with E-state index in [0.29, 0.717) is 6.54 Å². The number of rotatable bonds is 7. The Bertz CT molecular complexity index is 684. The van der Waals surface area contributed by atoms with Crippen LogP contribution in [0.5, 0.6) is 0 Å². The first-order valence-electron chi connectivity index (χ1n) is 6.62. The smallest absolute Gasteiger partial charge is 0.263 e. The van der Waals surface area contributed by atoms with Gasteiger partial charge in [0.2, 0.25) is 5.13 Å². The molecule has 0 fully saturated rings. The minimum atomic E-state index is -3.62. The van der Waals surface area contributed by atoms with E-state index in [-0.39, 0.29) is 10.0 Å². The van der Waals surface area contributed by atoms with Gasteiger partial charge in [0.05, 0.1) is 4.90 Å². The van der Waals surface area contributed by atoms with Crippen LogP contribution in [0, 0.1) is 6.92 Å². The summed E-state index contributed by atoms with van der Waals surface area (Å²) in [6, 6.07) is 5.11. The summed E-state index contributed by atoms with van der Waals surface area (Å²) < 4.78 is 27.0. The van der Waals surface area contributed by atoms with E-state index in [2.05, 4.69) is 27.2 Å². The first-order chi connectivity index (χ1) is 10.0. The van der Waals surface area contributed by atoms with Gasteiger partial charge >= 0.3 is 0 Å². The first kappa shape index (κ1) is 15.9. The van der Waals surface area contributed by atoms with Gasteiger partial charge in [0, 0.05) is 6.54 Å². The predicted octanol–water partition coefficient (Wildman–Crippen LogP) is 2.15. The maximum atomic E-state index is 12.3. The molecule has 0 aliphatic carbocycles. The summed E-state index contributed by atoms with van der Waals surface area (Å²) in [5.41, 5.74) is 3.52. The van der Waals surface area contributed by atoms with Gasteiger partial charge in [-0.1, -0.05) is 24.3 Å². The van der Waals surface area contributed by atoms with Crippen LogP contribution >= 0.6 is 11.3 Å². The number of sulfonamides is 1. The molecule has 0 amide bonds. The molecule has 2 N–H and O–H groups in total. The zero-order valence-corrected chi connectivity index (χ0v) is 13.6. The Morgan fingerprint density at radius 1 is 1.33 bits per heavy atom. The van der Waals surface area contributed by atoms with Crippen molar-refractivity contribution < 1.29 is 8.42 Å². The van der Waals surface area contributed by atoms with Crippen LogP contribution in [-0.4, -0.2) is 25.2 Å². The number of nitrogens with one attached hydrogen (secondary N) is 2. The molecule has 0 saturated heterocycles. The summed E-state index contributed by atoms with van der Waals surface area (Å²) in [4.78, 5) is 0.233. The molecule has 2 rings (SSSR count). The molecule has 0 spiro atoms. The third-order valence-corrected chi connectivity index (χ3v) is 5.03.